The predicted octanol–water partition coefficient (Wildman–Crippen LogP) is 6.37. The molecule has 10 heteroatoms. The summed E-state index contributed by atoms with van der Waals surface area (Å²) < 4.78 is 57.5. The molecule has 3 atom stereocenters. The van der Waals surface area contributed by atoms with Gasteiger partial charge in [0.2, 0.25) is 0 Å². The highest BCUT2D eigenvalue weighted by molar-refractivity contribution is 7.86. The van der Waals surface area contributed by atoms with Crippen LogP contribution < -0.4 is 0 Å². The summed E-state index contributed by atoms with van der Waals surface area (Å²) >= 11 is 0. The molecule has 4 aromatic carbocycles. The summed E-state index contributed by atoms with van der Waals surface area (Å²) in [7, 11) is -5.84. The van der Waals surface area contributed by atoms with Crippen molar-refractivity contribution in [2.75, 3.05) is 26.2 Å². The Hall–Kier alpha value is -3.54. The van der Waals surface area contributed by atoms with E-state index < -0.39 is 21.2 Å². The summed E-state index contributed by atoms with van der Waals surface area (Å²) in [5.41, 5.74) is 0.930. The molecule has 3 heterocycles. The lowest BCUT2D eigenvalue weighted by molar-refractivity contribution is -0.0510. The van der Waals surface area contributed by atoms with Crippen LogP contribution in [-0.4, -0.2) is 59.6 Å². The van der Waals surface area contributed by atoms with E-state index in [4.69, 9.17) is 13.0 Å². The molecule has 2 bridgehead atoms. The molecule has 0 aliphatic carbocycles. The normalized spacial score (nSPS) is 24.1. The SMILES string of the molecule is O=S(=O)(O)C(F)(F)F.OC1(c2ccccc2)CCN(Cc2ccccc2)C1.c1ccc(C23CCN(Cc4ccccc42)C3)cc1. The van der Waals surface area contributed by atoms with E-state index in [2.05, 4.69) is 88.7 Å². The lowest BCUT2D eigenvalue weighted by Gasteiger charge is -2.37. The van der Waals surface area contributed by atoms with Crippen molar-refractivity contribution in [3.8, 4) is 0 Å². The number of β-amino-alcohol motifs (C(OH)–C–C–N with tert-alkyl or cyclic N) is 1. The van der Waals surface area contributed by atoms with Gasteiger partial charge < -0.3 is 5.11 Å². The first-order valence-corrected chi connectivity index (χ1v) is 16.3. The number of benzene rings is 4. The quantitative estimate of drug-likeness (QED) is 0.200. The van der Waals surface area contributed by atoms with Crippen molar-refractivity contribution in [3.05, 3.63) is 143 Å². The average Bonchev–Trinajstić information content (AvgIpc) is 3.59. The summed E-state index contributed by atoms with van der Waals surface area (Å²) in [4.78, 5) is 4.91. The average molecular weight is 639 g/mol. The van der Waals surface area contributed by atoms with Crippen molar-refractivity contribution < 1.29 is 31.2 Å². The molecule has 3 aliphatic rings. The van der Waals surface area contributed by atoms with Gasteiger partial charge in [-0.05, 0) is 47.2 Å². The number of rotatable bonds is 4. The van der Waals surface area contributed by atoms with Crippen LogP contribution >= 0.6 is 0 Å². The molecule has 4 aromatic rings. The van der Waals surface area contributed by atoms with E-state index in [1.807, 2.05) is 36.4 Å². The molecule has 45 heavy (non-hydrogen) atoms. The van der Waals surface area contributed by atoms with E-state index in [-0.39, 0.29) is 5.41 Å². The monoisotopic (exact) mass is 638 g/mol. The highest BCUT2D eigenvalue weighted by Crippen LogP contribution is 2.46. The Labute approximate surface area is 262 Å². The smallest absolute Gasteiger partial charge is 0.384 e. The summed E-state index contributed by atoms with van der Waals surface area (Å²) in [5.74, 6) is 0. The first-order chi connectivity index (χ1) is 21.4. The Morgan fingerprint density at radius 3 is 1.84 bits per heavy atom. The zero-order valence-electron chi connectivity index (χ0n) is 24.8. The van der Waals surface area contributed by atoms with Gasteiger partial charge in [0.25, 0.3) is 0 Å². The van der Waals surface area contributed by atoms with E-state index in [1.165, 1.54) is 36.2 Å². The van der Waals surface area contributed by atoms with E-state index in [0.717, 1.165) is 31.6 Å². The van der Waals surface area contributed by atoms with Gasteiger partial charge in [-0.25, -0.2) is 0 Å². The summed E-state index contributed by atoms with van der Waals surface area (Å²) in [6.45, 7) is 6.12. The number of likely N-dealkylation sites (tertiary alicyclic amines) is 1. The Bertz CT molecular complexity index is 1660. The number of hydrogen-bond donors (Lipinski definition) is 2. The fourth-order valence-electron chi connectivity index (χ4n) is 6.59. The number of halogens is 3. The molecule has 0 radical (unpaired) electrons. The van der Waals surface area contributed by atoms with Crippen LogP contribution in [0.5, 0.6) is 0 Å². The van der Waals surface area contributed by atoms with Gasteiger partial charge in [-0.2, -0.15) is 21.6 Å². The van der Waals surface area contributed by atoms with Gasteiger partial charge >= 0.3 is 15.6 Å². The molecule has 3 aliphatic heterocycles. The van der Waals surface area contributed by atoms with Gasteiger partial charge in [0, 0.05) is 38.1 Å². The standard InChI is InChI=1S/C17H19NO.C17H17N.CHF3O3S/c19-17(16-9-5-2-6-10-16)11-12-18(14-17)13-15-7-3-1-4-8-15;1-2-7-15(8-3-1)17-10-11-18(13-17)12-14-6-4-5-9-16(14)17;2-1(3,4)8(5,6)7/h1-10,19H,11-14H2;1-9H,10-13H2;(H,5,6,7). The molecule has 6 nitrogen and oxygen atoms in total. The van der Waals surface area contributed by atoms with Crippen LogP contribution in [0.3, 0.4) is 0 Å². The minimum absolute atomic E-state index is 0.246. The zero-order chi connectivity index (χ0) is 32.1. The van der Waals surface area contributed by atoms with Crippen LogP contribution in [0.25, 0.3) is 0 Å². The Balaban J connectivity index is 0.000000145. The Morgan fingerprint density at radius 2 is 1.24 bits per heavy atom. The summed E-state index contributed by atoms with van der Waals surface area (Å²) in [6, 6.07) is 40.5. The molecule has 0 saturated carbocycles. The molecule has 0 amide bonds. The van der Waals surface area contributed by atoms with Crippen molar-refractivity contribution in [3.63, 3.8) is 0 Å². The second kappa shape index (κ2) is 13.4. The second-order valence-corrected chi connectivity index (χ2v) is 13.2. The van der Waals surface area contributed by atoms with Crippen LogP contribution in [-0.2, 0) is 34.2 Å². The number of fused-ring (bicyclic) bond motifs is 4. The molecule has 7 rings (SSSR count). The van der Waals surface area contributed by atoms with E-state index >= 15 is 0 Å². The van der Waals surface area contributed by atoms with Crippen molar-refractivity contribution in [2.24, 2.45) is 0 Å². The zero-order valence-corrected chi connectivity index (χ0v) is 25.6. The molecule has 0 aromatic heterocycles. The maximum absolute atomic E-state index is 10.8. The first kappa shape index (κ1) is 32.8. The highest BCUT2D eigenvalue weighted by atomic mass is 32.2. The lowest BCUT2D eigenvalue weighted by atomic mass is 9.71. The molecular weight excluding hydrogens is 601 g/mol. The third-order valence-corrected chi connectivity index (χ3v) is 9.37. The van der Waals surface area contributed by atoms with Gasteiger partial charge in [0.1, 0.15) is 5.60 Å². The summed E-state index contributed by atoms with van der Waals surface area (Å²) in [6.07, 6.45) is 2.07. The Morgan fingerprint density at radius 1 is 0.711 bits per heavy atom. The van der Waals surface area contributed by atoms with Crippen molar-refractivity contribution in [1.29, 1.82) is 0 Å². The molecule has 2 N–H and O–H groups in total. The van der Waals surface area contributed by atoms with E-state index in [9.17, 15) is 18.3 Å². The van der Waals surface area contributed by atoms with Gasteiger partial charge in [0.15, 0.2) is 0 Å². The van der Waals surface area contributed by atoms with E-state index in [1.54, 1.807) is 5.56 Å². The van der Waals surface area contributed by atoms with Crippen LogP contribution in [0, 0.1) is 0 Å². The summed E-state index contributed by atoms with van der Waals surface area (Å²) in [5, 5.41) is 10.8. The largest absolute Gasteiger partial charge is 0.522 e. The fourth-order valence-corrected chi connectivity index (χ4v) is 6.59. The predicted molar refractivity (Wildman–Crippen MR) is 168 cm³/mol. The number of hydrogen-bond acceptors (Lipinski definition) is 5. The maximum atomic E-state index is 10.8. The highest BCUT2D eigenvalue weighted by Gasteiger charge is 2.45. The molecule has 2 fully saturated rings. The fraction of sp³-hybridized carbons (Fsp3) is 0.314. The van der Waals surface area contributed by atoms with Gasteiger partial charge in [0.05, 0.1) is 0 Å². The Kier molecular flexibility index (Phi) is 9.81. The van der Waals surface area contributed by atoms with Gasteiger partial charge in [-0.15, -0.1) is 0 Å². The minimum atomic E-state index is -5.84. The third kappa shape index (κ3) is 7.65. The van der Waals surface area contributed by atoms with Crippen molar-refractivity contribution >= 4 is 10.1 Å². The van der Waals surface area contributed by atoms with Crippen LogP contribution in [0.1, 0.15) is 40.7 Å². The van der Waals surface area contributed by atoms with Gasteiger partial charge in [-0.1, -0.05) is 115 Å². The molecule has 2 saturated heterocycles. The third-order valence-electron chi connectivity index (χ3n) is 8.78. The number of nitrogens with zero attached hydrogens (tertiary/aromatic N) is 2. The second-order valence-electron chi connectivity index (χ2n) is 11.8. The minimum Gasteiger partial charge on any atom is -0.384 e. The van der Waals surface area contributed by atoms with Crippen molar-refractivity contribution in [1.82, 2.24) is 9.80 Å². The maximum Gasteiger partial charge on any atom is 0.522 e. The number of alkyl halides is 3. The lowest BCUT2D eigenvalue weighted by Crippen LogP contribution is -2.37. The first-order valence-electron chi connectivity index (χ1n) is 14.8. The van der Waals surface area contributed by atoms with Crippen molar-refractivity contribution in [2.45, 2.75) is 42.5 Å². The van der Waals surface area contributed by atoms with Crippen LogP contribution in [0.4, 0.5) is 13.2 Å². The number of aliphatic hydroxyl groups is 1. The molecule has 0 spiro atoms. The molecule has 238 valence electrons. The topological polar surface area (TPSA) is 81.1 Å². The van der Waals surface area contributed by atoms with E-state index in [0.29, 0.717) is 6.54 Å². The van der Waals surface area contributed by atoms with Gasteiger partial charge in [-0.3, -0.25) is 14.4 Å². The van der Waals surface area contributed by atoms with Crippen LogP contribution in [0.15, 0.2) is 115 Å². The molecule has 3 unspecified atom stereocenters. The molecular formula is C35H37F3N2O4S. The van der Waals surface area contributed by atoms with Crippen LogP contribution in [0.2, 0.25) is 0 Å².